The lowest BCUT2D eigenvalue weighted by Gasteiger charge is -2.22. The molecule has 7 nitrogen and oxygen atoms in total. The molecule has 0 radical (unpaired) electrons. The Morgan fingerprint density at radius 1 is 1.25 bits per heavy atom. The van der Waals surface area contributed by atoms with E-state index in [0.29, 0.717) is 39.0 Å². The van der Waals surface area contributed by atoms with E-state index < -0.39 is 5.97 Å². The van der Waals surface area contributed by atoms with E-state index in [4.69, 9.17) is 4.74 Å². The quantitative estimate of drug-likeness (QED) is 0.543. The van der Waals surface area contributed by atoms with Gasteiger partial charge in [0.15, 0.2) is 6.61 Å². The summed E-state index contributed by atoms with van der Waals surface area (Å²) in [5, 5.41) is 0.873. The number of carbonyl (C=O) groups excluding carboxylic acids is 2. The molecule has 5 rings (SSSR count). The lowest BCUT2D eigenvalue weighted by Crippen LogP contribution is -2.35. The van der Waals surface area contributed by atoms with Crippen LogP contribution in [0.5, 0.6) is 0 Å². The highest BCUT2D eigenvalue weighted by Crippen LogP contribution is 2.37. The van der Waals surface area contributed by atoms with E-state index in [1.807, 2.05) is 24.3 Å². The third kappa shape index (κ3) is 3.63. The van der Waals surface area contributed by atoms with Gasteiger partial charge >= 0.3 is 5.97 Å². The molecule has 32 heavy (non-hydrogen) atoms. The summed E-state index contributed by atoms with van der Waals surface area (Å²) in [6.45, 7) is 4.78. The van der Waals surface area contributed by atoms with Gasteiger partial charge < -0.3 is 9.64 Å². The van der Waals surface area contributed by atoms with Crippen molar-refractivity contribution in [1.82, 2.24) is 9.55 Å². The summed E-state index contributed by atoms with van der Waals surface area (Å²) in [5.41, 5.74) is 1.33. The van der Waals surface area contributed by atoms with Crippen LogP contribution in [0.3, 0.4) is 0 Å². The van der Waals surface area contributed by atoms with Crippen LogP contribution in [0.1, 0.15) is 40.8 Å². The third-order valence-corrected chi connectivity index (χ3v) is 8.37. The van der Waals surface area contributed by atoms with Crippen LogP contribution < -0.4 is 10.5 Å². The van der Waals surface area contributed by atoms with Gasteiger partial charge in [-0.05, 0) is 37.5 Å². The zero-order valence-electron chi connectivity index (χ0n) is 17.9. The maximum absolute atomic E-state index is 13.0. The van der Waals surface area contributed by atoms with Crippen molar-refractivity contribution in [2.24, 2.45) is 0 Å². The Kier molecular flexibility index (Phi) is 5.54. The van der Waals surface area contributed by atoms with Crippen molar-refractivity contribution in [2.75, 3.05) is 18.1 Å². The Hall–Kier alpha value is -2.65. The summed E-state index contributed by atoms with van der Waals surface area (Å²) in [7, 11) is 0. The zero-order valence-corrected chi connectivity index (χ0v) is 19.6. The number of fused-ring (bicyclic) bond motifs is 3. The number of thioether (sulfide) groups is 1. The summed E-state index contributed by atoms with van der Waals surface area (Å²) < 4.78 is 7.10. The van der Waals surface area contributed by atoms with Crippen molar-refractivity contribution in [3.05, 3.63) is 50.9 Å². The SMILES string of the molecule is Cc1c(C(=O)OCC(=O)N2CCC(C)Sc3ccccc32)sc2nc3n(c(=O)c12)CCC3. The van der Waals surface area contributed by atoms with Crippen molar-refractivity contribution in [1.29, 1.82) is 0 Å². The number of thiophene rings is 1. The summed E-state index contributed by atoms with van der Waals surface area (Å²) in [6.07, 6.45) is 2.53. The molecule has 2 aliphatic rings. The lowest BCUT2D eigenvalue weighted by molar-refractivity contribution is -0.121. The van der Waals surface area contributed by atoms with Gasteiger partial charge in [0.25, 0.3) is 11.5 Å². The van der Waals surface area contributed by atoms with Crippen LogP contribution in [0.15, 0.2) is 34.0 Å². The first-order chi connectivity index (χ1) is 15.4. The van der Waals surface area contributed by atoms with Gasteiger partial charge in [-0.15, -0.1) is 23.1 Å². The van der Waals surface area contributed by atoms with Gasteiger partial charge in [0.05, 0.1) is 11.1 Å². The Bertz CT molecular complexity index is 1300. The Morgan fingerprint density at radius 3 is 2.91 bits per heavy atom. The summed E-state index contributed by atoms with van der Waals surface area (Å²) in [4.78, 5) is 46.9. The van der Waals surface area contributed by atoms with Crippen molar-refractivity contribution in [2.45, 2.75) is 49.8 Å². The molecule has 3 aromatic rings. The normalized spacial score (nSPS) is 17.7. The Morgan fingerprint density at radius 2 is 2.06 bits per heavy atom. The predicted molar refractivity (Wildman–Crippen MR) is 126 cm³/mol. The van der Waals surface area contributed by atoms with E-state index in [-0.39, 0.29) is 18.1 Å². The topological polar surface area (TPSA) is 81.5 Å². The maximum atomic E-state index is 13.0. The van der Waals surface area contributed by atoms with Crippen LogP contribution in [-0.4, -0.2) is 39.8 Å². The molecule has 0 N–H and O–H groups in total. The van der Waals surface area contributed by atoms with Crippen molar-refractivity contribution in [3.8, 4) is 0 Å². The van der Waals surface area contributed by atoms with Crippen LogP contribution in [0, 0.1) is 6.92 Å². The number of ether oxygens (including phenoxy) is 1. The molecular weight excluding hydrogens is 446 g/mol. The minimum atomic E-state index is -0.589. The van der Waals surface area contributed by atoms with Gasteiger partial charge in [-0.3, -0.25) is 14.2 Å². The number of carbonyl (C=O) groups is 2. The van der Waals surface area contributed by atoms with Gasteiger partial charge in [0.2, 0.25) is 0 Å². The van der Waals surface area contributed by atoms with E-state index >= 15 is 0 Å². The van der Waals surface area contributed by atoms with Crippen LogP contribution >= 0.6 is 23.1 Å². The van der Waals surface area contributed by atoms with Crippen LogP contribution in [0.25, 0.3) is 10.2 Å². The monoisotopic (exact) mass is 469 g/mol. The molecule has 0 bridgehead atoms. The van der Waals surface area contributed by atoms with Crippen LogP contribution in [-0.2, 0) is 22.5 Å². The number of rotatable bonds is 3. The average molecular weight is 470 g/mol. The molecule has 1 aromatic carbocycles. The molecule has 0 spiro atoms. The number of nitrogens with zero attached hydrogens (tertiary/aromatic N) is 3. The first-order valence-electron chi connectivity index (χ1n) is 10.7. The van der Waals surface area contributed by atoms with Crippen molar-refractivity contribution >= 4 is 50.9 Å². The molecule has 2 aliphatic heterocycles. The van der Waals surface area contributed by atoms with E-state index in [1.165, 1.54) is 0 Å². The highest BCUT2D eigenvalue weighted by atomic mass is 32.2. The number of hydrogen-bond acceptors (Lipinski definition) is 7. The smallest absolute Gasteiger partial charge is 0.349 e. The van der Waals surface area contributed by atoms with Gasteiger partial charge in [0.1, 0.15) is 15.5 Å². The average Bonchev–Trinajstić information content (AvgIpc) is 3.33. The Balaban J connectivity index is 1.36. The number of benzene rings is 1. The van der Waals surface area contributed by atoms with Crippen LogP contribution in [0.4, 0.5) is 5.69 Å². The molecule has 166 valence electrons. The second kappa shape index (κ2) is 8.37. The van der Waals surface area contributed by atoms with Gasteiger partial charge in [-0.1, -0.05) is 19.1 Å². The van der Waals surface area contributed by atoms with E-state index in [2.05, 4.69) is 11.9 Å². The van der Waals surface area contributed by atoms with E-state index in [9.17, 15) is 14.4 Å². The second-order valence-corrected chi connectivity index (χ2v) is 10.6. The lowest BCUT2D eigenvalue weighted by atomic mass is 10.2. The first kappa shape index (κ1) is 21.2. The number of aromatic nitrogens is 2. The molecule has 9 heteroatoms. The fraction of sp³-hybridized carbons (Fsp3) is 0.391. The van der Waals surface area contributed by atoms with Gasteiger partial charge in [0, 0.05) is 29.7 Å². The molecule has 0 aliphatic carbocycles. The first-order valence-corrected chi connectivity index (χ1v) is 12.4. The Labute approximate surface area is 193 Å². The maximum Gasteiger partial charge on any atom is 0.349 e. The number of aryl methyl sites for hydroxylation is 2. The fourth-order valence-electron chi connectivity index (χ4n) is 4.29. The minimum Gasteiger partial charge on any atom is -0.451 e. The van der Waals surface area contributed by atoms with Crippen molar-refractivity contribution in [3.63, 3.8) is 0 Å². The highest BCUT2D eigenvalue weighted by molar-refractivity contribution is 8.00. The molecule has 1 atom stereocenters. The molecule has 1 amide bonds. The highest BCUT2D eigenvalue weighted by Gasteiger charge is 2.27. The fourth-order valence-corrected chi connectivity index (χ4v) is 6.48. The van der Waals surface area contributed by atoms with E-state index in [1.54, 1.807) is 28.2 Å². The van der Waals surface area contributed by atoms with Gasteiger partial charge in [-0.25, -0.2) is 9.78 Å². The molecule has 1 unspecified atom stereocenters. The number of para-hydroxylation sites is 1. The third-order valence-electron chi connectivity index (χ3n) is 5.97. The number of amides is 1. The molecular formula is C23H23N3O4S2. The molecule has 2 aromatic heterocycles. The van der Waals surface area contributed by atoms with Crippen molar-refractivity contribution < 1.29 is 14.3 Å². The second-order valence-electron chi connectivity index (χ2n) is 8.13. The molecule has 0 saturated heterocycles. The summed E-state index contributed by atoms with van der Waals surface area (Å²) in [6, 6.07) is 7.81. The van der Waals surface area contributed by atoms with E-state index in [0.717, 1.165) is 47.0 Å². The number of hydrogen-bond donors (Lipinski definition) is 0. The van der Waals surface area contributed by atoms with Gasteiger partial charge in [-0.2, -0.15) is 0 Å². The van der Waals surface area contributed by atoms with Crippen LogP contribution in [0.2, 0.25) is 0 Å². The predicted octanol–water partition coefficient (Wildman–Crippen LogP) is 3.79. The zero-order chi connectivity index (χ0) is 22.4. The standard InChI is InChI=1S/C23H23N3O4S2/c1-13-9-11-25(15-6-3-4-7-16(15)31-13)18(27)12-30-23(29)20-14(2)19-21(32-20)24-17-8-5-10-26(17)22(19)28/h3-4,6-7,13H,5,8-12H2,1-2H3. The number of esters is 1. The molecule has 0 fully saturated rings. The molecule has 0 saturated carbocycles. The summed E-state index contributed by atoms with van der Waals surface area (Å²) >= 11 is 2.92. The molecule has 4 heterocycles. The summed E-state index contributed by atoms with van der Waals surface area (Å²) in [5.74, 6) is -0.0727. The number of anilines is 1. The minimum absolute atomic E-state index is 0.0980. The largest absolute Gasteiger partial charge is 0.451 e.